The molecule has 0 saturated heterocycles. The molecule has 0 aliphatic carbocycles. The Bertz CT molecular complexity index is 1150. The number of ether oxygens (including phenoxy) is 1. The molecule has 0 fully saturated rings. The van der Waals surface area contributed by atoms with Crippen LogP contribution in [0.15, 0.2) is 72.3 Å². The van der Waals surface area contributed by atoms with Crippen LogP contribution in [0.4, 0.5) is 5.69 Å². The molecule has 0 saturated carbocycles. The van der Waals surface area contributed by atoms with Crippen molar-refractivity contribution >= 4 is 40.9 Å². The van der Waals surface area contributed by atoms with Gasteiger partial charge in [-0.1, -0.05) is 59.6 Å². The van der Waals surface area contributed by atoms with Crippen LogP contribution in [0.25, 0.3) is 6.08 Å². The molecule has 30 heavy (non-hydrogen) atoms. The number of nitrogens with zero attached hydrogens (tertiary/aromatic N) is 1. The third-order valence-electron chi connectivity index (χ3n) is 4.40. The van der Waals surface area contributed by atoms with Crippen molar-refractivity contribution in [3.8, 4) is 11.8 Å². The van der Waals surface area contributed by atoms with Gasteiger partial charge in [0.25, 0.3) is 5.91 Å². The Balaban J connectivity index is 1.75. The predicted molar refractivity (Wildman–Crippen MR) is 121 cm³/mol. The number of amides is 1. The Morgan fingerprint density at radius 2 is 1.80 bits per heavy atom. The molecule has 0 spiro atoms. The van der Waals surface area contributed by atoms with E-state index in [9.17, 15) is 10.1 Å². The van der Waals surface area contributed by atoms with E-state index in [4.69, 9.17) is 27.9 Å². The average molecular weight is 437 g/mol. The summed E-state index contributed by atoms with van der Waals surface area (Å²) >= 11 is 12.2. The maximum atomic E-state index is 12.6. The fourth-order valence-electron chi connectivity index (χ4n) is 2.72. The number of hydrogen-bond donors (Lipinski definition) is 1. The number of anilines is 1. The SMILES string of the molecule is Cc1c(Cl)cccc1NC(=O)/C(C#N)=C\c1cccc(OCc2ccccc2Cl)c1. The second kappa shape index (κ2) is 9.98. The highest BCUT2D eigenvalue weighted by molar-refractivity contribution is 6.32. The van der Waals surface area contributed by atoms with E-state index in [-0.39, 0.29) is 5.57 Å². The minimum Gasteiger partial charge on any atom is -0.489 e. The van der Waals surface area contributed by atoms with Crippen LogP contribution in [-0.4, -0.2) is 5.91 Å². The van der Waals surface area contributed by atoms with Crippen LogP contribution < -0.4 is 10.1 Å². The van der Waals surface area contributed by atoms with E-state index in [1.54, 1.807) is 55.5 Å². The van der Waals surface area contributed by atoms with Gasteiger partial charge in [-0.15, -0.1) is 0 Å². The van der Waals surface area contributed by atoms with E-state index in [0.29, 0.717) is 33.7 Å². The second-order valence-corrected chi connectivity index (χ2v) is 7.30. The molecule has 0 aliphatic rings. The summed E-state index contributed by atoms with van der Waals surface area (Å²) < 4.78 is 5.80. The van der Waals surface area contributed by atoms with Gasteiger partial charge in [-0.05, 0) is 54.5 Å². The third kappa shape index (κ3) is 5.42. The molecule has 3 aromatic carbocycles. The molecule has 4 nitrogen and oxygen atoms in total. The zero-order valence-corrected chi connectivity index (χ0v) is 17.7. The van der Waals surface area contributed by atoms with Crippen LogP contribution in [0.3, 0.4) is 0 Å². The molecule has 1 amide bonds. The van der Waals surface area contributed by atoms with Crippen molar-refractivity contribution in [2.24, 2.45) is 0 Å². The Morgan fingerprint density at radius 1 is 1.07 bits per heavy atom. The normalized spacial score (nSPS) is 10.9. The number of nitriles is 1. The molecule has 3 aromatic rings. The second-order valence-electron chi connectivity index (χ2n) is 6.49. The molecule has 0 heterocycles. The van der Waals surface area contributed by atoms with E-state index in [1.165, 1.54) is 6.08 Å². The minimum absolute atomic E-state index is 0.0300. The van der Waals surface area contributed by atoms with Crippen LogP contribution in [0, 0.1) is 18.3 Å². The summed E-state index contributed by atoms with van der Waals surface area (Å²) in [5, 5.41) is 13.4. The summed E-state index contributed by atoms with van der Waals surface area (Å²) in [6.07, 6.45) is 1.51. The highest BCUT2D eigenvalue weighted by Crippen LogP contribution is 2.24. The summed E-state index contributed by atoms with van der Waals surface area (Å²) in [5.41, 5.74) is 2.80. The first-order valence-corrected chi connectivity index (χ1v) is 9.88. The Kier molecular flexibility index (Phi) is 7.13. The lowest BCUT2D eigenvalue weighted by Gasteiger charge is -2.10. The van der Waals surface area contributed by atoms with Crippen molar-refractivity contribution in [2.75, 3.05) is 5.32 Å². The molecule has 0 radical (unpaired) electrons. The van der Waals surface area contributed by atoms with E-state index >= 15 is 0 Å². The van der Waals surface area contributed by atoms with E-state index in [1.807, 2.05) is 24.3 Å². The quantitative estimate of drug-likeness (QED) is 0.357. The van der Waals surface area contributed by atoms with Crippen molar-refractivity contribution in [3.63, 3.8) is 0 Å². The Hall–Kier alpha value is -3.26. The van der Waals surface area contributed by atoms with Gasteiger partial charge in [-0.25, -0.2) is 0 Å². The molecule has 0 aliphatic heterocycles. The number of carbonyl (C=O) groups is 1. The largest absolute Gasteiger partial charge is 0.489 e. The van der Waals surface area contributed by atoms with Gasteiger partial charge in [-0.2, -0.15) is 5.26 Å². The molecule has 0 bridgehead atoms. The molecule has 0 atom stereocenters. The van der Waals surface area contributed by atoms with Crippen molar-refractivity contribution in [1.82, 2.24) is 0 Å². The number of hydrogen-bond acceptors (Lipinski definition) is 3. The first-order chi connectivity index (χ1) is 14.5. The van der Waals surface area contributed by atoms with Crippen molar-refractivity contribution in [2.45, 2.75) is 13.5 Å². The lowest BCUT2D eigenvalue weighted by molar-refractivity contribution is -0.112. The topological polar surface area (TPSA) is 62.1 Å². The fourth-order valence-corrected chi connectivity index (χ4v) is 3.08. The summed E-state index contributed by atoms with van der Waals surface area (Å²) in [6.45, 7) is 2.11. The lowest BCUT2D eigenvalue weighted by atomic mass is 10.1. The van der Waals surface area contributed by atoms with Crippen LogP contribution in [0.2, 0.25) is 10.0 Å². The molecule has 1 N–H and O–H groups in total. The zero-order chi connectivity index (χ0) is 21.5. The van der Waals surface area contributed by atoms with Crippen LogP contribution >= 0.6 is 23.2 Å². The maximum absolute atomic E-state index is 12.6. The van der Waals surface area contributed by atoms with Crippen molar-refractivity contribution < 1.29 is 9.53 Å². The van der Waals surface area contributed by atoms with E-state index in [0.717, 1.165) is 11.1 Å². The molecule has 6 heteroatoms. The summed E-state index contributed by atoms with van der Waals surface area (Å²) in [5.74, 6) is 0.0947. The zero-order valence-electron chi connectivity index (χ0n) is 16.2. The first kappa shape index (κ1) is 21.4. The van der Waals surface area contributed by atoms with E-state index in [2.05, 4.69) is 5.32 Å². The Morgan fingerprint density at radius 3 is 2.57 bits per heavy atom. The van der Waals surface area contributed by atoms with Crippen LogP contribution in [0.1, 0.15) is 16.7 Å². The highest BCUT2D eigenvalue weighted by atomic mass is 35.5. The van der Waals surface area contributed by atoms with Gasteiger partial charge >= 0.3 is 0 Å². The summed E-state index contributed by atoms with van der Waals surface area (Å²) in [6, 6.07) is 21.7. The monoisotopic (exact) mass is 436 g/mol. The Labute approximate surface area is 185 Å². The van der Waals surface area contributed by atoms with Gasteiger partial charge in [-0.3, -0.25) is 4.79 Å². The molecule has 150 valence electrons. The molecule has 0 aromatic heterocycles. The number of carbonyl (C=O) groups excluding carboxylic acids is 1. The number of benzene rings is 3. The third-order valence-corrected chi connectivity index (χ3v) is 5.18. The number of halogens is 2. The average Bonchev–Trinajstić information content (AvgIpc) is 2.75. The summed E-state index contributed by atoms with van der Waals surface area (Å²) in [4.78, 5) is 12.6. The van der Waals surface area contributed by atoms with Gasteiger partial charge in [0, 0.05) is 21.3 Å². The minimum atomic E-state index is -0.509. The van der Waals surface area contributed by atoms with Gasteiger partial charge in [0.1, 0.15) is 24.0 Å². The van der Waals surface area contributed by atoms with Gasteiger partial charge in [0.15, 0.2) is 0 Å². The van der Waals surface area contributed by atoms with Gasteiger partial charge < -0.3 is 10.1 Å². The molecular weight excluding hydrogens is 419 g/mol. The van der Waals surface area contributed by atoms with Gasteiger partial charge in [0.2, 0.25) is 0 Å². The van der Waals surface area contributed by atoms with Gasteiger partial charge in [0.05, 0.1) is 0 Å². The molecule has 0 unspecified atom stereocenters. The smallest absolute Gasteiger partial charge is 0.266 e. The number of rotatable bonds is 6. The van der Waals surface area contributed by atoms with Crippen LogP contribution in [-0.2, 0) is 11.4 Å². The first-order valence-electron chi connectivity index (χ1n) is 9.12. The number of nitrogens with one attached hydrogen (secondary N) is 1. The van der Waals surface area contributed by atoms with Crippen molar-refractivity contribution in [3.05, 3.63) is 99.0 Å². The van der Waals surface area contributed by atoms with Crippen molar-refractivity contribution in [1.29, 1.82) is 5.26 Å². The lowest BCUT2D eigenvalue weighted by Crippen LogP contribution is -2.14. The van der Waals surface area contributed by atoms with Crippen LogP contribution in [0.5, 0.6) is 5.75 Å². The predicted octanol–water partition coefficient (Wildman–Crippen LogP) is 6.43. The highest BCUT2D eigenvalue weighted by Gasteiger charge is 2.12. The van der Waals surface area contributed by atoms with E-state index < -0.39 is 5.91 Å². The standard InChI is InChI=1S/C24H18Cl2N2O2/c1-16-21(25)10-5-11-23(16)28-24(29)19(14-27)12-17-6-4-8-20(13-17)30-15-18-7-2-3-9-22(18)26/h2-13H,15H2,1H3,(H,28,29)/b19-12-. The fraction of sp³-hybridized carbons (Fsp3) is 0.0833. The molecule has 3 rings (SSSR count). The maximum Gasteiger partial charge on any atom is 0.266 e. The molecular formula is C24H18Cl2N2O2. The summed E-state index contributed by atoms with van der Waals surface area (Å²) in [7, 11) is 0.